The van der Waals surface area contributed by atoms with E-state index in [0.717, 1.165) is 38.5 Å². The van der Waals surface area contributed by atoms with E-state index >= 15 is 0 Å². The summed E-state index contributed by atoms with van der Waals surface area (Å²) < 4.78 is 5.52. The summed E-state index contributed by atoms with van der Waals surface area (Å²) in [6.45, 7) is 3.57. The number of hydrogen-bond donors (Lipinski definition) is 6. The monoisotopic (exact) mass is 800 g/mol. The number of carbonyl (C=O) groups is 1. The van der Waals surface area contributed by atoms with Crippen molar-refractivity contribution in [2.24, 2.45) is 0 Å². The Morgan fingerprint density at radius 1 is 0.429 bits per heavy atom. The number of aliphatic hydroxyl groups is 5. The van der Waals surface area contributed by atoms with Crippen molar-refractivity contribution in [1.82, 2.24) is 5.32 Å². The second kappa shape index (κ2) is 43.8. The van der Waals surface area contributed by atoms with E-state index in [0.29, 0.717) is 12.8 Å². The van der Waals surface area contributed by atoms with Crippen LogP contribution in [0.2, 0.25) is 0 Å². The van der Waals surface area contributed by atoms with Gasteiger partial charge in [-0.2, -0.15) is 0 Å². The van der Waals surface area contributed by atoms with Gasteiger partial charge in [0.25, 0.3) is 0 Å². The fraction of sp³-hybridized carbons (Fsp3) is 0.979. The van der Waals surface area contributed by atoms with E-state index in [2.05, 4.69) is 19.2 Å². The molecule has 1 amide bonds. The van der Waals surface area contributed by atoms with Gasteiger partial charge in [0.15, 0.2) is 0 Å². The molecule has 336 valence electrons. The minimum atomic E-state index is -1.33. The van der Waals surface area contributed by atoms with E-state index in [1.54, 1.807) is 0 Å². The molecule has 0 heterocycles. The highest BCUT2D eigenvalue weighted by Gasteiger charge is 2.28. The molecule has 0 unspecified atom stereocenters. The van der Waals surface area contributed by atoms with E-state index in [4.69, 9.17) is 9.84 Å². The van der Waals surface area contributed by atoms with Crippen molar-refractivity contribution >= 4 is 5.91 Å². The Labute approximate surface area is 347 Å². The van der Waals surface area contributed by atoms with Crippen LogP contribution in [0.15, 0.2) is 0 Å². The number of ether oxygens (including phenoxy) is 1. The maximum absolute atomic E-state index is 12.8. The zero-order valence-corrected chi connectivity index (χ0v) is 37.2. The molecule has 8 heteroatoms. The van der Waals surface area contributed by atoms with E-state index in [1.165, 1.54) is 186 Å². The van der Waals surface area contributed by atoms with Gasteiger partial charge in [0.05, 0.1) is 32.0 Å². The molecule has 0 aliphatic heterocycles. The van der Waals surface area contributed by atoms with E-state index in [1.807, 2.05) is 0 Å². The highest BCUT2D eigenvalue weighted by Crippen LogP contribution is 2.18. The first kappa shape index (κ1) is 55.2. The molecule has 0 bridgehead atoms. The maximum Gasteiger partial charge on any atom is 0.220 e. The predicted molar refractivity (Wildman–Crippen MR) is 236 cm³/mol. The van der Waals surface area contributed by atoms with Crippen molar-refractivity contribution in [3.8, 4) is 0 Å². The first-order chi connectivity index (χ1) is 27.4. The van der Waals surface area contributed by atoms with E-state index in [-0.39, 0.29) is 19.1 Å². The molecule has 0 saturated carbocycles. The van der Waals surface area contributed by atoms with Gasteiger partial charge in [0.1, 0.15) is 18.3 Å². The lowest BCUT2D eigenvalue weighted by Crippen LogP contribution is -2.51. The molecule has 0 aromatic carbocycles. The third-order valence-electron chi connectivity index (χ3n) is 11.7. The zero-order valence-electron chi connectivity index (χ0n) is 37.2. The molecule has 0 aliphatic rings. The SMILES string of the molecule is CCCCCCCCCCCCCCCCCCCCCCCCCC(=O)N[C@@H](COC[C@H](O)[C@@H](O)CO)[C@H](O)[C@H](O)CCCCCCCCCCCCCC. The number of hydrogen-bond acceptors (Lipinski definition) is 7. The molecule has 8 nitrogen and oxygen atoms in total. The summed E-state index contributed by atoms with van der Waals surface area (Å²) in [4.78, 5) is 12.8. The summed E-state index contributed by atoms with van der Waals surface area (Å²) in [6, 6.07) is -0.835. The molecular weight excluding hydrogens is 703 g/mol. The summed E-state index contributed by atoms with van der Waals surface area (Å²) in [5.74, 6) is -0.186. The first-order valence-corrected chi connectivity index (χ1v) is 24.6. The van der Waals surface area contributed by atoms with Crippen molar-refractivity contribution in [3.63, 3.8) is 0 Å². The number of amides is 1. The van der Waals surface area contributed by atoms with Crippen LogP contribution >= 0.6 is 0 Å². The van der Waals surface area contributed by atoms with Crippen molar-refractivity contribution in [1.29, 1.82) is 0 Å². The van der Waals surface area contributed by atoms with Crippen LogP contribution in [0.3, 0.4) is 0 Å². The van der Waals surface area contributed by atoms with Crippen LogP contribution in [-0.4, -0.2) is 81.7 Å². The number of rotatable bonds is 46. The predicted octanol–water partition coefficient (Wildman–Crippen LogP) is 11.4. The first-order valence-electron chi connectivity index (χ1n) is 24.6. The van der Waals surface area contributed by atoms with Crippen molar-refractivity contribution in [2.45, 2.75) is 282 Å². The number of nitrogens with one attached hydrogen (secondary N) is 1. The summed E-state index contributed by atoms with van der Waals surface area (Å²) in [5, 5.41) is 53.3. The van der Waals surface area contributed by atoms with Crippen molar-refractivity contribution in [2.75, 3.05) is 19.8 Å². The van der Waals surface area contributed by atoms with Crippen LogP contribution in [0.5, 0.6) is 0 Å². The van der Waals surface area contributed by atoms with Crippen LogP contribution in [0.4, 0.5) is 0 Å². The van der Waals surface area contributed by atoms with Gasteiger partial charge < -0.3 is 35.6 Å². The lowest BCUT2D eigenvalue weighted by atomic mass is 9.99. The Hall–Kier alpha value is -0.770. The molecule has 0 spiro atoms. The Balaban J connectivity index is 4.05. The van der Waals surface area contributed by atoms with Crippen molar-refractivity contribution < 1.29 is 35.1 Å². The summed E-state index contributed by atoms with van der Waals surface area (Å²) in [6.07, 6.45) is 41.1. The van der Waals surface area contributed by atoms with Gasteiger partial charge >= 0.3 is 0 Å². The molecule has 0 radical (unpaired) electrons. The lowest BCUT2D eigenvalue weighted by molar-refractivity contribution is -0.125. The van der Waals surface area contributed by atoms with Crippen LogP contribution in [-0.2, 0) is 9.53 Å². The highest BCUT2D eigenvalue weighted by molar-refractivity contribution is 5.76. The third-order valence-corrected chi connectivity index (χ3v) is 11.7. The average Bonchev–Trinajstić information content (AvgIpc) is 3.20. The van der Waals surface area contributed by atoms with Gasteiger partial charge in [0.2, 0.25) is 5.91 Å². The Bertz CT molecular complexity index is 787. The minimum absolute atomic E-state index is 0.114. The van der Waals surface area contributed by atoms with Crippen LogP contribution in [0.25, 0.3) is 0 Å². The molecule has 0 saturated heterocycles. The topological polar surface area (TPSA) is 139 Å². The molecular formula is C48H97NO7. The Morgan fingerprint density at radius 2 is 0.750 bits per heavy atom. The number of unbranched alkanes of at least 4 members (excludes halogenated alkanes) is 33. The Kier molecular flexibility index (Phi) is 43.2. The molecule has 0 aromatic heterocycles. The van der Waals surface area contributed by atoms with Gasteiger partial charge in [-0.3, -0.25) is 4.79 Å². The fourth-order valence-electron chi connectivity index (χ4n) is 7.76. The fourth-order valence-corrected chi connectivity index (χ4v) is 7.76. The van der Waals surface area contributed by atoms with Crippen molar-refractivity contribution in [3.05, 3.63) is 0 Å². The summed E-state index contributed by atoms with van der Waals surface area (Å²) in [7, 11) is 0. The highest BCUT2D eigenvalue weighted by atomic mass is 16.5. The molecule has 0 rings (SSSR count). The van der Waals surface area contributed by atoms with Crippen LogP contribution < -0.4 is 5.32 Å². The third kappa shape index (κ3) is 37.5. The van der Waals surface area contributed by atoms with Gasteiger partial charge in [-0.15, -0.1) is 0 Å². The number of aliphatic hydroxyl groups excluding tert-OH is 5. The standard InChI is InChI=1S/C48H97NO7/c1-3-5-7-9-11-13-15-17-18-19-20-21-22-23-24-25-26-27-29-31-33-35-37-39-47(54)49-43(41-56-42-46(53)45(52)40-50)48(55)44(51)38-36-34-32-30-28-16-14-12-10-8-6-4-2/h43-46,48,50-53,55H,3-42H2,1-2H3,(H,49,54)/t43-,44+,45-,46-,48-/m0/s1. The largest absolute Gasteiger partial charge is 0.394 e. The molecule has 0 fully saturated rings. The smallest absolute Gasteiger partial charge is 0.220 e. The second-order valence-corrected chi connectivity index (χ2v) is 17.3. The number of carbonyl (C=O) groups excluding carboxylic acids is 1. The lowest BCUT2D eigenvalue weighted by Gasteiger charge is -2.28. The molecule has 56 heavy (non-hydrogen) atoms. The molecule has 6 N–H and O–H groups in total. The van der Waals surface area contributed by atoms with Gasteiger partial charge in [-0.05, 0) is 12.8 Å². The molecule has 0 aliphatic carbocycles. The van der Waals surface area contributed by atoms with Crippen LogP contribution in [0, 0.1) is 0 Å². The van der Waals surface area contributed by atoms with Gasteiger partial charge in [-0.25, -0.2) is 0 Å². The quantitative estimate of drug-likeness (QED) is 0.0337. The maximum atomic E-state index is 12.8. The molecule has 5 atom stereocenters. The van der Waals surface area contributed by atoms with Crippen LogP contribution in [0.1, 0.15) is 251 Å². The molecule has 0 aromatic rings. The van der Waals surface area contributed by atoms with Gasteiger partial charge in [-0.1, -0.05) is 232 Å². The second-order valence-electron chi connectivity index (χ2n) is 17.3. The summed E-state index contributed by atoms with van der Waals surface area (Å²) in [5.41, 5.74) is 0. The average molecular weight is 800 g/mol. The normalized spacial score (nSPS) is 14.5. The van der Waals surface area contributed by atoms with E-state index < -0.39 is 37.1 Å². The zero-order chi connectivity index (χ0) is 41.2. The van der Waals surface area contributed by atoms with E-state index in [9.17, 15) is 25.2 Å². The summed E-state index contributed by atoms with van der Waals surface area (Å²) >= 11 is 0. The van der Waals surface area contributed by atoms with Gasteiger partial charge in [0, 0.05) is 6.42 Å². The Morgan fingerprint density at radius 3 is 1.09 bits per heavy atom. The minimum Gasteiger partial charge on any atom is -0.394 e.